The standard InChI is InChI=1S/C14H10Br2F3N/c1-8-11(15)4-5-13(20(8)7-14(18)19)10-3-2-9(17)6-12(10)16/h2-6,14H,1,7H2. The molecule has 106 valence electrons. The molecule has 0 saturated carbocycles. The van der Waals surface area contributed by atoms with Gasteiger partial charge < -0.3 is 4.90 Å². The third-order valence-corrected chi connectivity index (χ3v) is 4.19. The summed E-state index contributed by atoms with van der Waals surface area (Å²) in [6.07, 6.45) is 0.918. The fraction of sp³-hybridized carbons (Fsp3) is 0.143. The van der Waals surface area contributed by atoms with Crippen LogP contribution in [0.5, 0.6) is 0 Å². The highest BCUT2D eigenvalue weighted by atomic mass is 79.9. The Hall–Kier alpha value is -1.01. The zero-order chi connectivity index (χ0) is 14.9. The van der Waals surface area contributed by atoms with Crippen molar-refractivity contribution in [1.82, 2.24) is 4.90 Å². The maximum absolute atomic E-state index is 13.1. The molecule has 1 aliphatic heterocycles. The van der Waals surface area contributed by atoms with Crippen molar-refractivity contribution in [2.45, 2.75) is 6.43 Å². The number of allylic oxidation sites excluding steroid dienone is 3. The van der Waals surface area contributed by atoms with E-state index < -0.39 is 18.8 Å². The number of hydrogen-bond donors (Lipinski definition) is 0. The van der Waals surface area contributed by atoms with Crippen LogP contribution in [-0.2, 0) is 0 Å². The molecule has 0 unspecified atom stereocenters. The Morgan fingerprint density at radius 1 is 1.20 bits per heavy atom. The molecule has 0 amide bonds. The molecule has 1 aromatic rings. The number of alkyl halides is 2. The molecule has 0 bridgehead atoms. The number of halogens is 5. The maximum atomic E-state index is 13.1. The van der Waals surface area contributed by atoms with Crippen LogP contribution in [0.4, 0.5) is 13.2 Å². The number of nitrogens with zero attached hydrogens (tertiary/aromatic N) is 1. The Labute approximate surface area is 131 Å². The molecule has 0 radical (unpaired) electrons. The minimum absolute atomic E-state index is 0.395. The van der Waals surface area contributed by atoms with E-state index in [0.717, 1.165) is 0 Å². The van der Waals surface area contributed by atoms with E-state index in [-0.39, 0.29) is 0 Å². The lowest BCUT2D eigenvalue weighted by Crippen LogP contribution is -2.28. The lowest BCUT2D eigenvalue weighted by atomic mass is 10.1. The molecule has 0 saturated heterocycles. The third-order valence-electron chi connectivity index (χ3n) is 2.81. The average molecular weight is 409 g/mol. The van der Waals surface area contributed by atoms with Gasteiger partial charge in [-0.15, -0.1) is 0 Å². The second-order valence-electron chi connectivity index (χ2n) is 4.14. The monoisotopic (exact) mass is 407 g/mol. The Balaban J connectivity index is 2.48. The molecule has 2 rings (SSSR count). The van der Waals surface area contributed by atoms with Crippen LogP contribution in [0.3, 0.4) is 0 Å². The fourth-order valence-electron chi connectivity index (χ4n) is 1.89. The van der Waals surface area contributed by atoms with Gasteiger partial charge in [0.05, 0.1) is 6.54 Å². The summed E-state index contributed by atoms with van der Waals surface area (Å²) in [5.41, 5.74) is 1.62. The Morgan fingerprint density at radius 2 is 1.90 bits per heavy atom. The van der Waals surface area contributed by atoms with Gasteiger partial charge in [0.1, 0.15) is 5.82 Å². The largest absolute Gasteiger partial charge is 0.335 e. The van der Waals surface area contributed by atoms with Gasteiger partial charge >= 0.3 is 0 Å². The summed E-state index contributed by atoms with van der Waals surface area (Å²) in [4.78, 5) is 1.41. The van der Waals surface area contributed by atoms with Gasteiger partial charge in [0.25, 0.3) is 6.43 Å². The van der Waals surface area contributed by atoms with Crippen LogP contribution < -0.4 is 0 Å². The van der Waals surface area contributed by atoms with E-state index in [9.17, 15) is 13.2 Å². The number of hydrogen-bond acceptors (Lipinski definition) is 1. The van der Waals surface area contributed by atoms with Gasteiger partial charge in [0, 0.05) is 25.9 Å². The highest BCUT2D eigenvalue weighted by molar-refractivity contribution is 9.12. The summed E-state index contributed by atoms with van der Waals surface area (Å²) in [5.74, 6) is -0.395. The van der Waals surface area contributed by atoms with Crippen molar-refractivity contribution >= 4 is 37.6 Å². The second-order valence-corrected chi connectivity index (χ2v) is 5.85. The quantitative estimate of drug-likeness (QED) is 0.655. The van der Waals surface area contributed by atoms with Gasteiger partial charge in [-0.3, -0.25) is 0 Å². The van der Waals surface area contributed by atoms with Crippen LogP contribution in [0.15, 0.2) is 51.6 Å². The summed E-state index contributed by atoms with van der Waals surface area (Å²) < 4.78 is 39.8. The molecule has 1 aromatic carbocycles. The number of benzene rings is 1. The van der Waals surface area contributed by atoms with Gasteiger partial charge in [-0.25, -0.2) is 13.2 Å². The van der Waals surface area contributed by atoms with Crippen LogP contribution in [0.2, 0.25) is 0 Å². The van der Waals surface area contributed by atoms with Crippen molar-refractivity contribution in [1.29, 1.82) is 0 Å². The highest BCUT2D eigenvalue weighted by Gasteiger charge is 2.24. The number of rotatable bonds is 3. The molecular formula is C14H10Br2F3N. The van der Waals surface area contributed by atoms with Crippen molar-refractivity contribution < 1.29 is 13.2 Å². The minimum atomic E-state index is -2.51. The predicted molar refractivity (Wildman–Crippen MR) is 80.9 cm³/mol. The fourth-order valence-corrected chi connectivity index (χ4v) is 2.79. The Morgan fingerprint density at radius 3 is 2.50 bits per heavy atom. The summed E-state index contributed by atoms with van der Waals surface area (Å²) in [6, 6.07) is 4.13. The molecule has 0 aliphatic carbocycles. The van der Waals surface area contributed by atoms with E-state index in [1.807, 2.05) is 0 Å². The average Bonchev–Trinajstić information content (AvgIpc) is 2.36. The van der Waals surface area contributed by atoms with E-state index in [1.165, 1.54) is 17.0 Å². The molecule has 0 fully saturated rings. The SMILES string of the molecule is C=C1C(Br)=CC=C(c2ccc(F)cc2Br)N1CC(F)F. The van der Waals surface area contributed by atoms with Crippen LogP contribution in [0.25, 0.3) is 5.70 Å². The van der Waals surface area contributed by atoms with Crippen molar-refractivity contribution in [3.05, 3.63) is 63.0 Å². The predicted octanol–water partition coefficient (Wildman–Crippen LogP) is 5.30. The van der Waals surface area contributed by atoms with Gasteiger partial charge in [-0.05, 0) is 62.2 Å². The summed E-state index contributed by atoms with van der Waals surface area (Å²) in [5, 5.41) is 0. The van der Waals surface area contributed by atoms with Crippen LogP contribution >= 0.6 is 31.9 Å². The van der Waals surface area contributed by atoms with E-state index >= 15 is 0 Å². The molecule has 1 nitrogen and oxygen atoms in total. The first kappa shape index (κ1) is 15.4. The molecule has 20 heavy (non-hydrogen) atoms. The zero-order valence-corrected chi connectivity index (χ0v) is 13.4. The summed E-state index contributed by atoms with van der Waals surface area (Å²) in [6.45, 7) is 3.33. The van der Waals surface area contributed by atoms with Gasteiger partial charge in [-0.1, -0.05) is 6.58 Å². The van der Waals surface area contributed by atoms with E-state index in [0.29, 0.717) is 25.9 Å². The molecule has 1 heterocycles. The first-order chi connectivity index (χ1) is 9.40. The smallest absolute Gasteiger partial charge is 0.256 e. The minimum Gasteiger partial charge on any atom is -0.335 e. The zero-order valence-electron chi connectivity index (χ0n) is 10.2. The highest BCUT2D eigenvalue weighted by Crippen LogP contribution is 2.36. The third kappa shape index (κ3) is 3.17. The Kier molecular flexibility index (Phi) is 4.75. The van der Waals surface area contributed by atoms with Crippen molar-refractivity contribution in [3.8, 4) is 0 Å². The van der Waals surface area contributed by atoms with Crippen molar-refractivity contribution in [2.24, 2.45) is 0 Å². The van der Waals surface area contributed by atoms with Crippen LogP contribution in [-0.4, -0.2) is 17.9 Å². The normalized spacial score (nSPS) is 15.5. The molecular weight excluding hydrogens is 399 g/mol. The van der Waals surface area contributed by atoms with Crippen molar-refractivity contribution in [2.75, 3.05) is 6.54 Å². The summed E-state index contributed by atoms with van der Waals surface area (Å²) in [7, 11) is 0. The van der Waals surface area contributed by atoms with Crippen LogP contribution in [0, 0.1) is 5.82 Å². The first-order valence-corrected chi connectivity index (χ1v) is 7.26. The topological polar surface area (TPSA) is 3.24 Å². The molecule has 0 N–H and O–H groups in total. The summed E-state index contributed by atoms with van der Waals surface area (Å²) >= 11 is 6.53. The van der Waals surface area contributed by atoms with Crippen molar-refractivity contribution in [3.63, 3.8) is 0 Å². The molecule has 6 heteroatoms. The van der Waals surface area contributed by atoms with Gasteiger partial charge in [-0.2, -0.15) is 0 Å². The molecule has 1 aliphatic rings. The van der Waals surface area contributed by atoms with Gasteiger partial charge in [0.15, 0.2) is 0 Å². The molecule has 0 spiro atoms. The molecule has 0 aromatic heterocycles. The van der Waals surface area contributed by atoms with E-state index in [4.69, 9.17) is 0 Å². The lowest BCUT2D eigenvalue weighted by Gasteiger charge is -2.32. The van der Waals surface area contributed by atoms with E-state index in [1.54, 1.807) is 18.2 Å². The van der Waals surface area contributed by atoms with E-state index in [2.05, 4.69) is 38.4 Å². The lowest BCUT2D eigenvalue weighted by molar-refractivity contribution is 0.123. The van der Waals surface area contributed by atoms with Crippen LogP contribution in [0.1, 0.15) is 5.56 Å². The maximum Gasteiger partial charge on any atom is 0.256 e. The van der Waals surface area contributed by atoms with Gasteiger partial charge in [0.2, 0.25) is 0 Å². The first-order valence-electron chi connectivity index (χ1n) is 5.68. The molecule has 0 atom stereocenters. The second kappa shape index (κ2) is 6.18. The Bertz CT molecular complexity index is 608.